The molecule has 5 nitrogen and oxygen atoms in total. The van der Waals surface area contributed by atoms with Crippen LogP contribution in [0, 0.1) is 13.8 Å². The van der Waals surface area contributed by atoms with Gasteiger partial charge in [-0.2, -0.15) is 0 Å². The molecule has 2 aromatic rings. The van der Waals surface area contributed by atoms with Gasteiger partial charge in [0.05, 0.1) is 17.0 Å². The first-order chi connectivity index (χ1) is 10.7. The van der Waals surface area contributed by atoms with Crippen LogP contribution in [0.25, 0.3) is 0 Å². The Kier molecular flexibility index (Phi) is 4.97. The summed E-state index contributed by atoms with van der Waals surface area (Å²) in [5.74, 6) is -0.315. The second-order valence-electron chi connectivity index (χ2n) is 5.34. The Labute approximate surface area is 140 Å². The molecule has 23 heavy (non-hydrogen) atoms. The number of nitrogens with one attached hydrogen (secondary N) is 2. The lowest BCUT2D eigenvalue weighted by Crippen LogP contribution is -2.14. The number of benzene rings is 2. The van der Waals surface area contributed by atoms with Crippen molar-refractivity contribution in [1.82, 2.24) is 0 Å². The predicted molar refractivity (Wildman–Crippen MR) is 93.8 cm³/mol. The van der Waals surface area contributed by atoms with Gasteiger partial charge in [-0.25, -0.2) is 8.42 Å². The van der Waals surface area contributed by atoms with Crippen LogP contribution in [0.2, 0.25) is 5.02 Å². The van der Waals surface area contributed by atoms with E-state index in [0.717, 1.165) is 23.1 Å². The minimum absolute atomic E-state index is 0.156. The van der Waals surface area contributed by atoms with E-state index in [1.54, 1.807) is 0 Å². The van der Waals surface area contributed by atoms with Gasteiger partial charge in [0.2, 0.25) is 10.0 Å². The van der Waals surface area contributed by atoms with E-state index in [0.29, 0.717) is 5.56 Å². The van der Waals surface area contributed by atoms with E-state index in [-0.39, 0.29) is 16.6 Å². The summed E-state index contributed by atoms with van der Waals surface area (Å²) in [5.41, 5.74) is 3.36. The predicted octanol–water partition coefficient (Wildman–Crippen LogP) is 3.58. The molecule has 0 saturated heterocycles. The zero-order chi connectivity index (χ0) is 17.2. The Bertz CT molecular complexity index is 864. The number of hydrogen-bond donors (Lipinski definition) is 2. The van der Waals surface area contributed by atoms with Gasteiger partial charge in [0.25, 0.3) is 5.91 Å². The van der Waals surface area contributed by atoms with Crippen molar-refractivity contribution < 1.29 is 13.2 Å². The van der Waals surface area contributed by atoms with Crippen molar-refractivity contribution in [1.29, 1.82) is 0 Å². The summed E-state index contributed by atoms with van der Waals surface area (Å²) in [6.45, 7) is 3.89. The van der Waals surface area contributed by atoms with Crippen LogP contribution < -0.4 is 10.0 Å². The van der Waals surface area contributed by atoms with Crippen LogP contribution in [0.4, 0.5) is 11.4 Å². The van der Waals surface area contributed by atoms with Gasteiger partial charge in [0.15, 0.2) is 0 Å². The number of hydrogen-bond acceptors (Lipinski definition) is 3. The van der Waals surface area contributed by atoms with Crippen LogP contribution in [-0.4, -0.2) is 20.6 Å². The second-order valence-corrected chi connectivity index (χ2v) is 7.50. The van der Waals surface area contributed by atoms with Gasteiger partial charge in [-0.05, 0) is 43.7 Å². The summed E-state index contributed by atoms with van der Waals surface area (Å²) in [6.07, 6.45) is 1.03. The summed E-state index contributed by atoms with van der Waals surface area (Å²) >= 11 is 6.03. The number of aryl methyl sites for hydroxylation is 2. The molecule has 0 saturated carbocycles. The summed E-state index contributed by atoms with van der Waals surface area (Å²) in [7, 11) is -3.43. The van der Waals surface area contributed by atoms with Gasteiger partial charge in [-0.15, -0.1) is 0 Å². The molecule has 1 amide bonds. The molecule has 0 radical (unpaired) electrons. The molecule has 0 heterocycles. The molecule has 0 aliphatic carbocycles. The van der Waals surface area contributed by atoms with Crippen molar-refractivity contribution in [3.05, 3.63) is 58.1 Å². The van der Waals surface area contributed by atoms with Gasteiger partial charge in [-0.1, -0.05) is 29.3 Å². The molecule has 0 fully saturated rings. The molecule has 0 bridgehead atoms. The maximum Gasteiger partial charge on any atom is 0.255 e. The number of anilines is 2. The highest BCUT2D eigenvalue weighted by atomic mass is 35.5. The number of carbonyl (C=O) groups excluding carboxylic acids is 1. The van der Waals surface area contributed by atoms with E-state index >= 15 is 0 Å². The average molecular weight is 353 g/mol. The Hall–Kier alpha value is -2.05. The Morgan fingerprint density at radius 2 is 1.70 bits per heavy atom. The molecule has 2 rings (SSSR count). The summed E-state index contributed by atoms with van der Waals surface area (Å²) < 4.78 is 24.7. The molecule has 2 N–H and O–H groups in total. The van der Waals surface area contributed by atoms with Gasteiger partial charge in [0.1, 0.15) is 0 Å². The fraction of sp³-hybridized carbons (Fsp3) is 0.188. The highest BCUT2D eigenvalue weighted by Gasteiger charge is 2.12. The van der Waals surface area contributed by atoms with Crippen LogP contribution in [-0.2, 0) is 10.0 Å². The van der Waals surface area contributed by atoms with Gasteiger partial charge in [-0.3, -0.25) is 9.52 Å². The van der Waals surface area contributed by atoms with E-state index in [2.05, 4.69) is 10.0 Å². The van der Waals surface area contributed by atoms with Crippen LogP contribution in [0.1, 0.15) is 21.5 Å². The minimum Gasteiger partial charge on any atom is -0.322 e. The Morgan fingerprint density at radius 1 is 1.04 bits per heavy atom. The van der Waals surface area contributed by atoms with Crippen LogP contribution >= 0.6 is 11.6 Å². The molecule has 0 aliphatic heterocycles. The van der Waals surface area contributed by atoms with Crippen LogP contribution in [0.3, 0.4) is 0 Å². The largest absolute Gasteiger partial charge is 0.322 e. The smallest absolute Gasteiger partial charge is 0.255 e. The Balaban J connectivity index is 2.21. The lowest BCUT2D eigenvalue weighted by Gasteiger charge is -2.11. The average Bonchev–Trinajstić information content (AvgIpc) is 2.42. The lowest BCUT2D eigenvalue weighted by molar-refractivity contribution is 0.102. The van der Waals surface area contributed by atoms with E-state index in [1.807, 2.05) is 32.0 Å². The molecule has 0 unspecified atom stereocenters. The quantitative estimate of drug-likeness (QED) is 0.883. The molecular formula is C16H17ClN2O3S. The molecule has 7 heteroatoms. The van der Waals surface area contributed by atoms with Crippen molar-refractivity contribution in [2.24, 2.45) is 0 Å². The first-order valence-corrected chi connectivity index (χ1v) is 9.08. The summed E-state index contributed by atoms with van der Waals surface area (Å²) in [6, 6.07) is 10.1. The molecule has 0 aromatic heterocycles. The van der Waals surface area contributed by atoms with Crippen LogP contribution in [0.15, 0.2) is 36.4 Å². The highest BCUT2D eigenvalue weighted by Crippen LogP contribution is 2.25. The number of sulfonamides is 1. The topological polar surface area (TPSA) is 75.3 Å². The third-order valence-electron chi connectivity index (χ3n) is 3.16. The van der Waals surface area contributed by atoms with E-state index in [1.165, 1.54) is 18.2 Å². The Morgan fingerprint density at radius 3 is 2.26 bits per heavy atom. The fourth-order valence-electron chi connectivity index (χ4n) is 2.09. The number of halogens is 1. The molecule has 0 atom stereocenters. The van der Waals surface area contributed by atoms with Crippen molar-refractivity contribution in [2.45, 2.75) is 13.8 Å². The third-order valence-corrected chi connectivity index (χ3v) is 4.06. The normalized spacial score (nSPS) is 11.1. The first kappa shape index (κ1) is 17.3. The second kappa shape index (κ2) is 6.60. The fourth-order valence-corrected chi connectivity index (χ4v) is 2.95. The maximum atomic E-state index is 12.3. The van der Waals surface area contributed by atoms with Crippen molar-refractivity contribution in [2.75, 3.05) is 16.3 Å². The molecule has 0 spiro atoms. The van der Waals surface area contributed by atoms with Gasteiger partial charge < -0.3 is 5.32 Å². The number of rotatable bonds is 4. The monoisotopic (exact) mass is 352 g/mol. The van der Waals surface area contributed by atoms with Crippen molar-refractivity contribution >= 4 is 38.9 Å². The van der Waals surface area contributed by atoms with E-state index < -0.39 is 10.0 Å². The third kappa shape index (κ3) is 4.71. The molecular weight excluding hydrogens is 336 g/mol. The SMILES string of the molecule is Cc1ccc(NC(=O)c2ccc(NS(C)(=O)=O)c(Cl)c2)c(C)c1. The molecule has 122 valence electrons. The highest BCUT2D eigenvalue weighted by molar-refractivity contribution is 7.92. The van der Waals surface area contributed by atoms with Gasteiger partial charge in [0, 0.05) is 11.3 Å². The zero-order valence-corrected chi connectivity index (χ0v) is 14.5. The molecule has 2 aromatic carbocycles. The molecule has 0 aliphatic rings. The summed E-state index contributed by atoms with van der Waals surface area (Å²) in [4.78, 5) is 12.3. The van der Waals surface area contributed by atoms with Crippen LogP contribution in [0.5, 0.6) is 0 Å². The zero-order valence-electron chi connectivity index (χ0n) is 13.0. The van der Waals surface area contributed by atoms with Gasteiger partial charge >= 0.3 is 0 Å². The maximum absolute atomic E-state index is 12.3. The standard InChI is InChI=1S/C16H17ClN2O3S/c1-10-4-6-14(11(2)8-10)18-16(20)12-5-7-15(13(17)9-12)19-23(3,21)22/h4-9,19H,1-3H3,(H,18,20). The lowest BCUT2D eigenvalue weighted by atomic mass is 10.1. The van der Waals surface area contributed by atoms with E-state index in [9.17, 15) is 13.2 Å². The van der Waals surface area contributed by atoms with E-state index in [4.69, 9.17) is 11.6 Å². The van der Waals surface area contributed by atoms with Crippen molar-refractivity contribution in [3.63, 3.8) is 0 Å². The minimum atomic E-state index is -3.43. The number of amides is 1. The first-order valence-electron chi connectivity index (χ1n) is 6.81. The van der Waals surface area contributed by atoms with Crippen molar-refractivity contribution in [3.8, 4) is 0 Å². The summed E-state index contributed by atoms with van der Waals surface area (Å²) in [5, 5.41) is 2.97. The number of carbonyl (C=O) groups is 1.